The molecule has 6 heteroatoms. The number of nitrogens with zero attached hydrogens (tertiary/aromatic N) is 3. The van der Waals surface area contributed by atoms with E-state index in [1.54, 1.807) is 0 Å². The van der Waals surface area contributed by atoms with Gasteiger partial charge in [0.25, 0.3) is 0 Å². The summed E-state index contributed by atoms with van der Waals surface area (Å²) in [5.74, 6) is 1.38. The van der Waals surface area contributed by atoms with Gasteiger partial charge < -0.3 is 19.3 Å². The molecule has 0 saturated carbocycles. The van der Waals surface area contributed by atoms with Gasteiger partial charge in [-0.05, 0) is 56.0 Å². The first-order chi connectivity index (χ1) is 19.7. The lowest BCUT2D eigenvalue weighted by molar-refractivity contribution is -0.131. The standard InChI is InChI=1S/C34H41N3O3/c1-35(34(38)32(26-12-5-2-6-13-26)27-14-7-3-8-15-27)24-30(29-16-11-17-31-33(29)40-25-39-31)37-22-18-28(19-23-37)36-20-9-4-10-21-36/h2-3,5-8,11-17,28,30,32H,4,9-10,18-25H2,1H3. The predicted octanol–water partition coefficient (Wildman–Crippen LogP) is 5.70. The summed E-state index contributed by atoms with van der Waals surface area (Å²) < 4.78 is 11.7. The van der Waals surface area contributed by atoms with E-state index < -0.39 is 0 Å². The van der Waals surface area contributed by atoms with Gasteiger partial charge in [-0.15, -0.1) is 0 Å². The van der Waals surface area contributed by atoms with Gasteiger partial charge in [0.05, 0.1) is 12.0 Å². The van der Waals surface area contributed by atoms with E-state index in [-0.39, 0.29) is 24.7 Å². The fourth-order valence-corrected chi connectivity index (χ4v) is 6.81. The van der Waals surface area contributed by atoms with Crippen LogP contribution < -0.4 is 9.47 Å². The van der Waals surface area contributed by atoms with Gasteiger partial charge in [0.2, 0.25) is 12.7 Å². The number of piperidine rings is 2. The van der Waals surface area contributed by atoms with E-state index in [9.17, 15) is 4.79 Å². The maximum absolute atomic E-state index is 14.2. The Bertz CT molecular complexity index is 1210. The number of benzene rings is 3. The van der Waals surface area contributed by atoms with Gasteiger partial charge in [0, 0.05) is 38.3 Å². The van der Waals surface area contributed by atoms with Crippen molar-refractivity contribution in [1.29, 1.82) is 0 Å². The number of carbonyl (C=O) groups excluding carboxylic acids is 1. The first kappa shape index (κ1) is 26.9. The Kier molecular flexibility index (Phi) is 8.35. The van der Waals surface area contributed by atoms with Crippen molar-refractivity contribution in [2.24, 2.45) is 0 Å². The molecular formula is C34H41N3O3. The molecule has 3 aromatic carbocycles. The van der Waals surface area contributed by atoms with Crippen LogP contribution in [0.3, 0.4) is 0 Å². The molecule has 0 bridgehead atoms. The van der Waals surface area contributed by atoms with E-state index in [1.165, 1.54) is 32.4 Å². The summed E-state index contributed by atoms with van der Waals surface area (Å²) in [6, 6.07) is 27.1. The third kappa shape index (κ3) is 5.74. The number of likely N-dealkylation sites (tertiary alicyclic amines) is 2. The van der Waals surface area contributed by atoms with Gasteiger partial charge in [-0.1, -0.05) is 79.2 Å². The van der Waals surface area contributed by atoms with Crippen LogP contribution in [0.5, 0.6) is 11.5 Å². The molecular weight excluding hydrogens is 498 g/mol. The van der Waals surface area contributed by atoms with Gasteiger partial charge in [-0.3, -0.25) is 9.69 Å². The minimum atomic E-state index is -0.348. The minimum Gasteiger partial charge on any atom is -0.454 e. The Morgan fingerprint density at radius 1 is 0.825 bits per heavy atom. The molecule has 0 spiro atoms. The van der Waals surface area contributed by atoms with Gasteiger partial charge in [0.15, 0.2) is 11.5 Å². The summed E-state index contributed by atoms with van der Waals surface area (Å²) in [6.45, 7) is 5.34. The molecule has 0 radical (unpaired) electrons. The summed E-state index contributed by atoms with van der Waals surface area (Å²) in [6.07, 6.45) is 6.35. The molecule has 0 aliphatic carbocycles. The molecule has 2 saturated heterocycles. The monoisotopic (exact) mass is 539 g/mol. The Balaban J connectivity index is 1.26. The van der Waals surface area contributed by atoms with Crippen molar-refractivity contribution in [2.75, 3.05) is 46.6 Å². The van der Waals surface area contributed by atoms with Crippen LogP contribution in [0.4, 0.5) is 0 Å². The first-order valence-electron chi connectivity index (χ1n) is 14.9. The number of amides is 1. The van der Waals surface area contributed by atoms with E-state index in [2.05, 4.69) is 46.2 Å². The topological polar surface area (TPSA) is 45.3 Å². The van der Waals surface area contributed by atoms with Crippen LogP contribution in [0.1, 0.15) is 60.8 Å². The number of hydrogen-bond donors (Lipinski definition) is 0. The Morgan fingerprint density at radius 2 is 1.48 bits per heavy atom. The molecule has 3 aromatic rings. The number of para-hydroxylation sites is 1. The molecule has 6 nitrogen and oxygen atoms in total. The molecule has 2 fully saturated rings. The zero-order valence-corrected chi connectivity index (χ0v) is 23.6. The highest BCUT2D eigenvalue weighted by Crippen LogP contribution is 2.41. The summed E-state index contributed by atoms with van der Waals surface area (Å²) in [4.78, 5) is 21.4. The van der Waals surface area contributed by atoms with Gasteiger partial charge in [0.1, 0.15) is 0 Å². The Labute approximate surface area is 238 Å². The number of ether oxygens (including phenoxy) is 2. The van der Waals surface area contributed by atoms with Crippen molar-refractivity contribution in [3.8, 4) is 11.5 Å². The lowest BCUT2D eigenvalue weighted by atomic mass is 9.89. The van der Waals surface area contributed by atoms with Gasteiger partial charge in [-0.2, -0.15) is 0 Å². The van der Waals surface area contributed by atoms with Gasteiger partial charge >= 0.3 is 0 Å². The zero-order chi connectivity index (χ0) is 27.3. The fraction of sp³-hybridized carbons (Fsp3) is 0.441. The molecule has 1 unspecified atom stereocenters. The van der Waals surface area contributed by atoms with E-state index >= 15 is 0 Å². The third-order valence-corrected chi connectivity index (χ3v) is 8.97. The highest BCUT2D eigenvalue weighted by molar-refractivity contribution is 5.87. The summed E-state index contributed by atoms with van der Waals surface area (Å²) in [7, 11) is 1.95. The van der Waals surface area contributed by atoms with Gasteiger partial charge in [-0.25, -0.2) is 0 Å². The second-order valence-electron chi connectivity index (χ2n) is 11.4. The van der Waals surface area contributed by atoms with Crippen molar-refractivity contribution in [2.45, 2.75) is 50.1 Å². The first-order valence-corrected chi connectivity index (χ1v) is 14.9. The molecule has 1 atom stereocenters. The van der Waals surface area contributed by atoms with E-state index in [0.29, 0.717) is 12.6 Å². The van der Waals surface area contributed by atoms with Crippen molar-refractivity contribution in [3.63, 3.8) is 0 Å². The van der Waals surface area contributed by atoms with Crippen molar-refractivity contribution in [3.05, 3.63) is 95.6 Å². The molecule has 40 heavy (non-hydrogen) atoms. The lowest BCUT2D eigenvalue weighted by Crippen LogP contribution is -2.49. The second kappa shape index (κ2) is 12.4. The Morgan fingerprint density at radius 3 is 2.12 bits per heavy atom. The molecule has 0 N–H and O–H groups in total. The van der Waals surface area contributed by atoms with Crippen molar-refractivity contribution < 1.29 is 14.3 Å². The van der Waals surface area contributed by atoms with Crippen LogP contribution in [-0.4, -0.2) is 73.2 Å². The average Bonchev–Trinajstić information content (AvgIpc) is 3.51. The number of likely N-dealkylation sites (N-methyl/N-ethyl adjacent to an activating group) is 1. The quantitative estimate of drug-likeness (QED) is 0.368. The molecule has 3 heterocycles. The fourth-order valence-electron chi connectivity index (χ4n) is 6.81. The minimum absolute atomic E-state index is 0.0279. The average molecular weight is 540 g/mol. The van der Waals surface area contributed by atoms with E-state index in [1.807, 2.05) is 54.4 Å². The van der Waals surface area contributed by atoms with Crippen LogP contribution in [0, 0.1) is 0 Å². The maximum Gasteiger partial charge on any atom is 0.234 e. The molecule has 0 aromatic heterocycles. The largest absolute Gasteiger partial charge is 0.454 e. The summed E-state index contributed by atoms with van der Waals surface area (Å²) >= 11 is 0. The zero-order valence-electron chi connectivity index (χ0n) is 23.6. The SMILES string of the molecule is CN(CC(c1cccc2c1OCO2)N1CCC(N2CCCCC2)CC1)C(=O)C(c1ccccc1)c1ccccc1. The van der Waals surface area contributed by atoms with Crippen LogP contribution in [-0.2, 0) is 4.79 Å². The second-order valence-corrected chi connectivity index (χ2v) is 11.4. The predicted molar refractivity (Wildman–Crippen MR) is 158 cm³/mol. The van der Waals surface area contributed by atoms with Crippen LogP contribution in [0.2, 0.25) is 0 Å². The number of rotatable bonds is 8. The van der Waals surface area contributed by atoms with Crippen LogP contribution >= 0.6 is 0 Å². The van der Waals surface area contributed by atoms with Crippen LogP contribution in [0.15, 0.2) is 78.9 Å². The number of fused-ring (bicyclic) bond motifs is 1. The lowest BCUT2D eigenvalue weighted by Gasteiger charge is -2.43. The summed E-state index contributed by atoms with van der Waals surface area (Å²) in [5, 5.41) is 0. The molecule has 3 aliphatic rings. The van der Waals surface area contributed by atoms with Crippen molar-refractivity contribution in [1.82, 2.24) is 14.7 Å². The van der Waals surface area contributed by atoms with Crippen LogP contribution in [0.25, 0.3) is 0 Å². The molecule has 210 valence electrons. The molecule has 1 amide bonds. The third-order valence-electron chi connectivity index (χ3n) is 8.97. The highest BCUT2D eigenvalue weighted by Gasteiger charge is 2.35. The maximum atomic E-state index is 14.2. The van der Waals surface area contributed by atoms with E-state index in [0.717, 1.165) is 54.1 Å². The number of hydrogen-bond acceptors (Lipinski definition) is 5. The normalized spacial score (nSPS) is 19.1. The summed E-state index contributed by atoms with van der Waals surface area (Å²) in [5.41, 5.74) is 3.14. The highest BCUT2D eigenvalue weighted by atomic mass is 16.7. The Hall–Kier alpha value is -3.35. The molecule has 6 rings (SSSR count). The molecule has 3 aliphatic heterocycles. The van der Waals surface area contributed by atoms with Crippen molar-refractivity contribution >= 4 is 5.91 Å². The number of carbonyl (C=O) groups is 1. The van der Waals surface area contributed by atoms with E-state index in [4.69, 9.17) is 9.47 Å². The smallest absolute Gasteiger partial charge is 0.234 e.